The van der Waals surface area contributed by atoms with Crippen LogP contribution in [-0.4, -0.2) is 54.6 Å². The summed E-state index contributed by atoms with van der Waals surface area (Å²) in [5, 5.41) is 2.84. The fourth-order valence-electron chi connectivity index (χ4n) is 2.70. The van der Waals surface area contributed by atoms with Gasteiger partial charge in [0, 0.05) is 25.4 Å². The van der Waals surface area contributed by atoms with Crippen LogP contribution in [0, 0.1) is 6.92 Å². The molecule has 2 aromatic rings. The Labute approximate surface area is 166 Å². The number of aryl methyl sites for hydroxylation is 1. The maximum absolute atomic E-state index is 12.9. The number of nitrogens with zero attached hydrogens (tertiary/aromatic N) is 2. The number of furan rings is 1. The Hall–Kier alpha value is -2.80. The van der Waals surface area contributed by atoms with Gasteiger partial charge in [-0.05, 0) is 45.0 Å². The molecule has 0 aliphatic heterocycles. The van der Waals surface area contributed by atoms with E-state index in [-0.39, 0.29) is 24.5 Å². The van der Waals surface area contributed by atoms with E-state index in [4.69, 9.17) is 9.15 Å². The first kappa shape index (κ1) is 21.5. The SMILES string of the molecule is COCCN(Cc1ccc(C)o1)C(=O)CN(C(=O)Nc1ccccc1)C(C)C. The van der Waals surface area contributed by atoms with Gasteiger partial charge in [-0.25, -0.2) is 4.79 Å². The van der Waals surface area contributed by atoms with Gasteiger partial charge < -0.3 is 24.3 Å². The average Bonchev–Trinajstić information content (AvgIpc) is 3.08. The molecule has 1 aromatic carbocycles. The minimum Gasteiger partial charge on any atom is -0.464 e. The van der Waals surface area contributed by atoms with Crippen LogP contribution in [0.3, 0.4) is 0 Å². The highest BCUT2D eigenvalue weighted by Crippen LogP contribution is 2.12. The molecule has 0 fully saturated rings. The maximum Gasteiger partial charge on any atom is 0.322 e. The van der Waals surface area contributed by atoms with Crippen molar-refractivity contribution < 1.29 is 18.7 Å². The molecule has 0 saturated heterocycles. The van der Waals surface area contributed by atoms with Crippen LogP contribution in [0.4, 0.5) is 10.5 Å². The number of anilines is 1. The Morgan fingerprint density at radius 3 is 2.43 bits per heavy atom. The van der Waals surface area contributed by atoms with Crippen molar-refractivity contribution in [1.82, 2.24) is 9.80 Å². The number of para-hydroxylation sites is 1. The Kier molecular flexibility index (Phi) is 8.07. The highest BCUT2D eigenvalue weighted by atomic mass is 16.5. The molecule has 0 spiro atoms. The summed E-state index contributed by atoms with van der Waals surface area (Å²) in [7, 11) is 1.59. The van der Waals surface area contributed by atoms with Crippen LogP contribution in [0.25, 0.3) is 0 Å². The highest BCUT2D eigenvalue weighted by Gasteiger charge is 2.24. The van der Waals surface area contributed by atoms with Crippen molar-refractivity contribution in [2.45, 2.75) is 33.4 Å². The number of urea groups is 1. The largest absolute Gasteiger partial charge is 0.464 e. The number of methoxy groups -OCH3 is 1. The molecule has 152 valence electrons. The standard InChI is InChI=1S/C21H29N3O4/c1-16(2)24(21(26)22-18-8-6-5-7-9-18)15-20(25)23(12-13-27-4)14-19-11-10-17(3)28-19/h5-11,16H,12-15H2,1-4H3,(H,22,26). The van der Waals surface area contributed by atoms with Crippen LogP contribution >= 0.6 is 0 Å². The summed E-state index contributed by atoms with van der Waals surface area (Å²) >= 11 is 0. The molecule has 0 bridgehead atoms. The Bertz CT molecular complexity index is 758. The van der Waals surface area contributed by atoms with Crippen LogP contribution in [0.15, 0.2) is 46.9 Å². The minimum atomic E-state index is -0.310. The molecule has 28 heavy (non-hydrogen) atoms. The predicted octanol–water partition coefficient (Wildman–Crippen LogP) is 3.51. The fraction of sp³-hybridized carbons (Fsp3) is 0.429. The first-order chi connectivity index (χ1) is 13.4. The summed E-state index contributed by atoms with van der Waals surface area (Å²) in [6.07, 6.45) is 0. The van der Waals surface area contributed by atoms with Gasteiger partial charge in [-0.15, -0.1) is 0 Å². The van der Waals surface area contributed by atoms with E-state index >= 15 is 0 Å². The summed E-state index contributed by atoms with van der Waals surface area (Å²) in [6.45, 7) is 6.76. The topological polar surface area (TPSA) is 75.0 Å². The van der Waals surface area contributed by atoms with E-state index in [2.05, 4.69) is 5.32 Å². The third kappa shape index (κ3) is 6.42. The number of hydrogen-bond donors (Lipinski definition) is 1. The van der Waals surface area contributed by atoms with E-state index in [1.165, 1.54) is 4.90 Å². The van der Waals surface area contributed by atoms with Gasteiger partial charge in [0.1, 0.15) is 18.1 Å². The van der Waals surface area contributed by atoms with Crippen LogP contribution in [0.1, 0.15) is 25.4 Å². The Morgan fingerprint density at radius 2 is 1.86 bits per heavy atom. The first-order valence-electron chi connectivity index (χ1n) is 9.35. The van der Waals surface area contributed by atoms with Gasteiger partial charge in [0.2, 0.25) is 5.91 Å². The Morgan fingerprint density at radius 1 is 1.14 bits per heavy atom. The summed E-state index contributed by atoms with van der Waals surface area (Å²) < 4.78 is 10.7. The number of rotatable bonds is 9. The van der Waals surface area contributed by atoms with Crippen molar-refractivity contribution in [2.24, 2.45) is 0 Å². The number of amides is 3. The van der Waals surface area contributed by atoms with Gasteiger partial charge in [-0.3, -0.25) is 4.79 Å². The summed E-state index contributed by atoms with van der Waals surface area (Å²) in [5.74, 6) is 1.33. The van der Waals surface area contributed by atoms with Gasteiger partial charge in [0.15, 0.2) is 0 Å². The van der Waals surface area contributed by atoms with Crippen LogP contribution in [-0.2, 0) is 16.1 Å². The normalized spacial score (nSPS) is 10.8. The smallest absolute Gasteiger partial charge is 0.322 e. The minimum absolute atomic E-state index is 0.0280. The second-order valence-electron chi connectivity index (χ2n) is 6.84. The Balaban J connectivity index is 2.06. The quantitative estimate of drug-likeness (QED) is 0.714. The molecule has 2 rings (SSSR count). The van der Waals surface area contributed by atoms with Gasteiger partial charge in [-0.2, -0.15) is 0 Å². The van der Waals surface area contributed by atoms with Crippen LogP contribution in [0.5, 0.6) is 0 Å². The second kappa shape index (κ2) is 10.5. The molecule has 0 radical (unpaired) electrons. The van der Waals surface area contributed by atoms with Gasteiger partial charge in [0.25, 0.3) is 0 Å². The molecule has 0 aliphatic carbocycles. The predicted molar refractivity (Wildman–Crippen MR) is 108 cm³/mol. The lowest BCUT2D eigenvalue weighted by molar-refractivity contribution is -0.133. The van der Waals surface area contributed by atoms with E-state index in [1.807, 2.05) is 63.2 Å². The van der Waals surface area contributed by atoms with E-state index in [9.17, 15) is 9.59 Å². The fourth-order valence-corrected chi connectivity index (χ4v) is 2.70. The number of ether oxygens (including phenoxy) is 1. The van der Waals surface area contributed by atoms with E-state index in [0.29, 0.717) is 31.1 Å². The van der Waals surface area contributed by atoms with Gasteiger partial charge in [-0.1, -0.05) is 18.2 Å². The molecule has 1 heterocycles. The van der Waals surface area contributed by atoms with Gasteiger partial charge >= 0.3 is 6.03 Å². The third-order valence-electron chi connectivity index (χ3n) is 4.28. The molecule has 0 atom stereocenters. The van der Waals surface area contributed by atoms with Crippen LogP contribution in [0.2, 0.25) is 0 Å². The molecular formula is C21H29N3O4. The van der Waals surface area contributed by atoms with Crippen LogP contribution < -0.4 is 5.32 Å². The lowest BCUT2D eigenvalue weighted by Gasteiger charge is -2.29. The first-order valence-corrected chi connectivity index (χ1v) is 9.35. The third-order valence-corrected chi connectivity index (χ3v) is 4.28. The van der Waals surface area contributed by atoms with E-state index in [1.54, 1.807) is 12.0 Å². The van der Waals surface area contributed by atoms with Gasteiger partial charge in [0.05, 0.1) is 13.2 Å². The van der Waals surface area contributed by atoms with Crippen molar-refractivity contribution in [3.05, 3.63) is 54.0 Å². The zero-order valence-corrected chi connectivity index (χ0v) is 17.0. The molecule has 1 N–H and O–H groups in total. The molecule has 3 amide bonds. The zero-order valence-electron chi connectivity index (χ0n) is 17.0. The molecule has 0 unspecified atom stereocenters. The van der Waals surface area contributed by atoms with Crippen molar-refractivity contribution >= 4 is 17.6 Å². The van der Waals surface area contributed by atoms with Crippen molar-refractivity contribution in [2.75, 3.05) is 32.1 Å². The number of hydrogen-bond acceptors (Lipinski definition) is 4. The van der Waals surface area contributed by atoms with Crippen molar-refractivity contribution in [3.63, 3.8) is 0 Å². The average molecular weight is 387 g/mol. The maximum atomic E-state index is 12.9. The van der Waals surface area contributed by atoms with E-state index in [0.717, 1.165) is 5.76 Å². The molecule has 7 nitrogen and oxygen atoms in total. The summed E-state index contributed by atoms with van der Waals surface area (Å²) in [4.78, 5) is 28.8. The molecule has 1 aromatic heterocycles. The highest BCUT2D eigenvalue weighted by molar-refractivity contribution is 5.92. The number of carbonyl (C=O) groups is 2. The van der Waals surface area contributed by atoms with E-state index < -0.39 is 0 Å². The second-order valence-corrected chi connectivity index (χ2v) is 6.84. The number of benzene rings is 1. The summed E-state index contributed by atoms with van der Waals surface area (Å²) in [5.41, 5.74) is 0.688. The summed E-state index contributed by atoms with van der Waals surface area (Å²) in [6, 6.07) is 12.5. The lowest BCUT2D eigenvalue weighted by Crippen LogP contribution is -2.47. The lowest BCUT2D eigenvalue weighted by atomic mass is 10.3. The number of nitrogens with one attached hydrogen (secondary N) is 1. The zero-order chi connectivity index (χ0) is 20.5. The molecular weight excluding hydrogens is 358 g/mol. The monoisotopic (exact) mass is 387 g/mol. The molecule has 0 aliphatic rings. The van der Waals surface area contributed by atoms with Crippen molar-refractivity contribution in [3.8, 4) is 0 Å². The van der Waals surface area contributed by atoms with Crippen molar-refractivity contribution in [1.29, 1.82) is 0 Å². The number of carbonyl (C=O) groups excluding carboxylic acids is 2. The molecule has 0 saturated carbocycles. The molecule has 7 heteroatoms.